The Morgan fingerprint density at radius 3 is 2.24 bits per heavy atom. The SMILES string of the molecule is CNc1cc(NCCS(=O)(=O)N(C)C)nc(C(C)(C)C)n1. The lowest BCUT2D eigenvalue weighted by atomic mass is 9.96. The first kappa shape index (κ1) is 17.6. The third-order valence-corrected chi connectivity index (χ3v) is 4.71. The molecule has 8 heteroatoms. The van der Waals surface area contributed by atoms with Gasteiger partial charge in [0.15, 0.2) is 0 Å². The van der Waals surface area contributed by atoms with E-state index in [1.165, 1.54) is 18.4 Å². The fraction of sp³-hybridized carbons (Fsp3) is 0.692. The van der Waals surface area contributed by atoms with E-state index in [0.29, 0.717) is 24.0 Å². The maximum Gasteiger partial charge on any atom is 0.215 e. The van der Waals surface area contributed by atoms with E-state index in [4.69, 9.17) is 0 Å². The van der Waals surface area contributed by atoms with Gasteiger partial charge in [-0.05, 0) is 0 Å². The van der Waals surface area contributed by atoms with Crippen LogP contribution in [-0.4, -0.2) is 56.1 Å². The number of hydrogen-bond acceptors (Lipinski definition) is 6. The van der Waals surface area contributed by atoms with Crippen LogP contribution in [0.1, 0.15) is 26.6 Å². The molecular weight excluding hydrogens is 290 g/mol. The molecule has 1 aromatic rings. The Morgan fingerprint density at radius 1 is 1.19 bits per heavy atom. The van der Waals surface area contributed by atoms with Crippen molar-refractivity contribution in [2.75, 3.05) is 44.1 Å². The number of anilines is 2. The normalized spacial score (nSPS) is 12.5. The predicted molar refractivity (Wildman–Crippen MR) is 86.2 cm³/mol. The van der Waals surface area contributed by atoms with Crippen LogP contribution in [0.2, 0.25) is 0 Å². The summed E-state index contributed by atoms with van der Waals surface area (Å²) in [5.41, 5.74) is -0.182. The van der Waals surface area contributed by atoms with Gasteiger partial charge in [-0.25, -0.2) is 22.7 Å². The van der Waals surface area contributed by atoms with Gasteiger partial charge in [-0.2, -0.15) is 0 Å². The molecule has 0 atom stereocenters. The molecule has 0 amide bonds. The van der Waals surface area contributed by atoms with Gasteiger partial charge in [-0.15, -0.1) is 0 Å². The zero-order valence-electron chi connectivity index (χ0n) is 13.6. The van der Waals surface area contributed by atoms with Gasteiger partial charge in [0.25, 0.3) is 0 Å². The average molecular weight is 315 g/mol. The van der Waals surface area contributed by atoms with Crippen molar-refractivity contribution in [1.82, 2.24) is 14.3 Å². The molecule has 0 saturated carbocycles. The van der Waals surface area contributed by atoms with E-state index in [0.717, 1.165) is 0 Å². The van der Waals surface area contributed by atoms with Crippen molar-refractivity contribution < 1.29 is 8.42 Å². The highest BCUT2D eigenvalue weighted by atomic mass is 32.2. The highest BCUT2D eigenvalue weighted by molar-refractivity contribution is 7.89. The maximum absolute atomic E-state index is 11.7. The highest BCUT2D eigenvalue weighted by Crippen LogP contribution is 2.22. The number of aromatic nitrogens is 2. The van der Waals surface area contributed by atoms with Crippen LogP contribution >= 0.6 is 0 Å². The van der Waals surface area contributed by atoms with Crippen LogP contribution in [0, 0.1) is 0 Å². The second kappa shape index (κ2) is 6.57. The van der Waals surface area contributed by atoms with E-state index >= 15 is 0 Å². The standard InChI is InChI=1S/C13H25N5O2S/c1-13(2,3)12-16-10(14-4)9-11(17-12)15-7-8-21(19,20)18(5)6/h9H,7-8H2,1-6H3,(H2,14,15,16,17). The molecule has 0 bridgehead atoms. The minimum absolute atomic E-state index is 0.0176. The highest BCUT2D eigenvalue weighted by Gasteiger charge is 2.19. The predicted octanol–water partition coefficient (Wildman–Crippen LogP) is 1.12. The lowest BCUT2D eigenvalue weighted by molar-refractivity contribution is 0.521. The number of rotatable bonds is 6. The summed E-state index contributed by atoms with van der Waals surface area (Å²) in [6.45, 7) is 6.39. The van der Waals surface area contributed by atoms with Gasteiger partial charge in [0, 0.05) is 39.2 Å². The van der Waals surface area contributed by atoms with Crippen molar-refractivity contribution in [2.45, 2.75) is 26.2 Å². The number of sulfonamides is 1. The lowest BCUT2D eigenvalue weighted by Gasteiger charge is -2.19. The van der Waals surface area contributed by atoms with Crippen molar-refractivity contribution in [1.29, 1.82) is 0 Å². The molecule has 0 fully saturated rings. The van der Waals surface area contributed by atoms with Crippen LogP contribution in [0.3, 0.4) is 0 Å². The quantitative estimate of drug-likeness (QED) is 0.818. The molecule has 2 N–H and O–H groups in total. The summed E-state index contributed by atoms with van der Waals surface area (Å²) < 4.78 is 24.6. The van der Waals surface area contributed by atoms with E-state index in [2.05, 4.69) is 20.6 Å². The molecule has 1 aromatic heterocycles. The number of nitrogens with one attached hydrogen (secondary N) is 2. The molecule has 1 rings (SSSR count). The summed E-state index contributed by atoms with van der Waals surface area (Å²) in [6, 6.07) is 1.76. The molecule has 0 aliphatic heterocycles. The second-order valence-corrected chi connectivity index (χ2v) is 8.29. The van der Waals surface area contributed by atoms with Gasteiger partial charge in [0.1, 0.15) is 17.5 Å². The van der Waals surface area contributed by atoms with Crippen molar-refractivity contribution in [3.63, 3.8) is 0 Å². The molecule has 120 valence electrons. The van der Waals surface area contributed by atoms with E-state index in [1.54, 1.807) is 13.1 Å². The van der Waals surface area contributed by atoms with Crippen molar-refractivity contribution >= 4 is 21.7 Å². The van der Waals surface area contributed by atoms with Gasteiger partial charge in [0.2, 0.25) is 10.0 Å². The first-order valence-corrected chi connectivity index (χ1v) is 8.38. The summed E-state index contributed by atoms with van der Waals surface area (Å²) in [5, 5.41) is 6.03. The fourth-order valence-corrected chi connectivity index (χ4v) is 2.22. The summed E-state index contributed by atoms with van der Waals surface area (Å²) in [5.74, 6) is 2.04. The van der Waals surface area contributed by atoms with Crippen molar-refractivity contribution in [3.8, 4) is 0 Å². The maximum atomic E-state index is 11.7. The fourth-order valence-electron chi connectivity index (χ4n) is 1.49. The average Bonchev–Trinajstić information content (AvgIpc) is 2.36. The molecule has 0 aromatic carbocycles. The summed E-state index contributed by atoms with van der Waals surface area (Å²) in [4.78, 5) is 8.87. The molecule has 0 spiro atoms. The molecule has 7 nitrogen and oxygen atoms in total. The zero-order valence-corrected chi connectivity index (χ0v) is 14.4. The minimum Gasteiger partial charge on any atom is -0.373 e. The van der Waals surface area contributed by atoms with Gasteiger partial charge in [-0.3, -0.25) is 0 Å². The Morgan fingerprint density at radius 2 is 1.76 bits per heavy atom. The molecular formula is C13H25N5O2S. The van der Waals surface area contributed by atoms with Crippen LogP contribution < -0.4 is 10.6 Å². The molecule has 0 aliphatic carbocycles. The summed E-state index contributed by atoms with van der Waals surface area (Å²) in [6.07, 6.45) is 0. The molecule has 21 heavy (non-hydrogen) atoms. The number of hydrogen-bond donors (Lipinski definition) is 2. The van der Waals surface area contributed by atoms with E-state index < -0.39 is 10.0 Å². The van der Waals surface area contributed by atoms with Crippen LogP contribution in [0.15, 0.2) is 6.07 Å². The van der Waals surface area contributed by atoms with E-state index in [-0.39, 0.29) is 11.2 Å². The third kappa shape index (κ3) is 5.13. The Balaban J connectivity index is 2.85. The van der Waals surface area contributed by atoms with Gasteiger partial charge >= 0.3 is 0 Å². The summed E-state index contributed by atoms with van der Waals surface area (Å²) >= 11 is 0. The molecule has 1 heterocycles. The zero-order chi connectivity index (χ0) is 16.3. The number of nitrogens with zero attached hydrogens (tertiary/aromatic N) is 3. The smallest absolute Gasteiger partial charge is 0.215 e. The van der Waals surface area contributed by atoms with Crippen LogP contribution in [0.4, 0.5) is 11.6 Å². The van der Waals surface area contributed by atoms with Crippen molar-refractivity contribution in [2.24, 2.45) is 0 Å². The second-order valence-electron chi connectivity index (χ2n) is 5.99. The first-order valence-electron chi connectivity index (χ1n) is 6.77. The molecule has 0 saturated heterocycles. The lowest BCUT2D eigenvalue weighted by Crippen LogP contribution is -2.28. The third-order valence-electron chi connectivity index (χ3n) is 2.88. The summed E-state index contributed by atoms with van der Waals surface area (Å²) in [7, 11) is 1.63. The van der Waals surface area contributed by atoms with Crippen LogP contribution in [0.5, 0.6) is 0 Å². The molecule has 0 unspecified atom stereocenters. The van der Waals surface area contributed by atoms with Crippen LogP contribution in [-0.2, 0) is 15.4 Å². The Labute approximate surface area is 127 Å². The topological polar surface area (TPSA) is 87.2 Å². The first-order chi connectivity index (χ1) is 9.56. The van der Waals surface area contributed by atoms with E-state index in [9.17, 15) is 8.42 Å². The van der Waals surface area contributed by atoms with Gasteiger partial charge in [-0.1, -0.05) is 20.8 Å². The Kier molecular flexibility index (Phi) is 5.52. The largest absolute Gasteiger partial charge is 0.373 e. The van der Waals surface area contributed by atoms with Crippen molar-refractivity contribution in [3.05, 3.63) is 11.9 Å². The van der Waals surface area contributed by atoms with Crippen LogP contribution in [0.25, 0.3) is 0 Å². The van der Waals surface area contributed by atoms with E-state index in [1.807, 2.05) is 20.8 Å². The van der Waals surface area contributed by atoms with Gasteiger partial charge < -0.3 is 10.6 Å². The Bertz CT molecular complexity index is 579. The Hall–Kier alpha value is -1.41. The molecule has 0 radical (unpaired) electrons. The monoisotopic (exact) mass is 315 g/mol. The van der Waals surface area contributed by atoms with Gasteiger partial charge in [0.05, 0.1) is 5.75 Å². The minimum atomic E-state index is -3.21. The molecule has 0 aliphatic rings.